The molecule has 2 aromatic rings. The number of thiophene rings is 1. The van der Waals surface area contributed by atoms with Gasteiger partial charge in [0.15, 0.2) is 0 Å². The summed E-state index contributed by atoms with van der Waals surface area (Å²) in [6.45, 7) is 6.48. The highest BCUT2D eigenvalue weighted by molar-refractivity contribution is 7.17. The van der Waals surface area contributed by atoms with Crippen LogP contribution in [0.5, 0.6) is 0 Å². The molecule has 10 nitrogen and oxygen atoms in total. The van der Waals surface area contributed by atoms with Gasteiger partial charge in [-0.15, -0.1) is 11.3 Å². The molecule has 1 aromatic carbocycles. The Morgan fingerprint density at radius 1 is 1.19 bits per heavy atom. The van der Waals surface area contributed by atoms with Gasteiger partial charge in [-0.25, -0.2) is 4.79 Å². The molecule has 0 bridgehead atoms. The van der Waals surface area contributed by atoms with Gasteiger partial charge in [-0.3, -0.25) is 25.0 Å². The summed E-state index contributed by atoms with van der Waals surface area (Å²) < 4.78 is 4.92. The van der Waals surface area contributed by atoms with E-state index in [1.54, 1.807) is 0 Å². The van der Waals surface area contributed by atoms with E-state index < -0.39 is 33.1 Å². The van der Waals surface area contributed by atoms with Gasteiger partial charge in [-0.05, 0) is 42.2 Å². The van der Waals surface area contributed by atoms with Crippen LogP contribution >= 0.6 is 11.3 Å². The first-order valence-corrected chi connectivity index (χ1v) is 10.7. The van der Waals surface area contributed by atoms with Gasteiger partial charge in [-0.1, -0.05) is 20.8 Å². The van der Waals surface area contributed by atoms with Crippen LogP contribution in [0.25, 0.3) is 0 Å². The highest BCUT2D eigenvalue weighted by Gasteiger charge is 2.35. The van der Waals surface area contributed by atoms with Gasteiger partial charge >= 0.3 is 5.97 Å². The Hall–Kier alpha value is -3.34. The van der Waals surface area contributed by atoms with Crippen LogP contribution in [0.4, 0.5) is 16.4 Å². The second-order valence-corrected chi connectivity index (χ2v) is 9.78. The fraction of sp³-hybridized carbons (Fsp3) is 0.429. The lowest BCUT2D eigenvalue weighted by Crippen LogP contribution is -2.26. The lowest BCUT2D eigenvalue weighted by Gasteiger charge is -2.33. The van der Waals surface area contributed by atoms with Crippen molar-refractivity contribution < 1.29 is 24.2 Å². The molecule has 32 heavy (non-hydrogen) atoms. The van der Waals surface area contributed by atoms with Gasteiger partial charge < -0.3 is 10.1 Å². The van der Waals surface area contributed by atoms with Crippen molar-refractivity contribution in [3.8, 4) is 0 Å². The van der Waals surface area contributed by atoms with Crippen molar-refractivity contribution in [2.75, 3.05) is 12.4 Å². The van der Waals surface area contributed by atoms with Crippen LogP contribution in [0.15, 0.2) is 18.2 Å². The van der Waals surface area contributed by atoms with Crippen molar-refractivity contribution in [2.45, 2.75) is 40.0 Å². The molecule has 170 valence electrons. The molecule has 1 aliphatic rings. The predicted octanol–water partition coefficient (Wildman–Crippen LogP) is 4.75. The molecular formula is C21H23N3O7S. The van der Waals surface area contributed by atoms with Crippen molar-refractivity contribution in [3.63, 3.8) is 0 Å². The van der Waals surface area contributed by atoms with E-state index in [1.807, 2.05) is 0 Å². The van der Waals surface area contributed by atoms with Crippen molar-refractivity contribution in [3.05, 3.63) is 60.0 Å². The number of nitrogens with one attached hydrogen (secondary N) is 1. The summed E-state index contributed by atoms with van der Waals surface area (Å²) in [5.74, 6) is -1.02. The molecule has 0 saturated heterocycles. The van der Waals surface area contributed by atoms with E-state index >= 15 is 0 Å². The SMILES string of the molecule is COC(=O)c1c(NC(=O)c2ccc([N+](=O)[O-])cc2[N+](=O)[O-])sc2c1CC[C@@H](C(C)(C)C)C2. The number of nitro groups is 2. The molecule has 0 aliphatic heterocycles. The van der Waals surface area contributed by atoms with E-state index in [9.17, 15) is 29.8 Å². The summed E-state index contributed by atoms with van der Waals surface area (Å²) in [7, 11) is 1.25. The fourth-order valence-corrected chi connectivity index (χ4v) is 5.19. The van der Waals surface area contributed by atoms with Crippen LogP contribution in [-0.4, -0.2) is 28.8 Å². The summed E-state index contributed by atoms with van der Waals surface area (Å²) in [5, 5.41) is 25.2. The number of hydrogen-bond acceptors (Lipinski definition) is 8. The van der Waals surface area contributed by atoms with Crippen molar-refractivity contribution in [1.82, 2.24) is 0 Å². The van der Waals surface area contributed by atoms with Gasteiger partial charge in [0.2, 0.25) is 0 Å². The molecule has 1 aliphatic carbocycles. The third-order valence-corrected chi connectivity index (χ3v) is 6.91. The Kier molecular flexibility index (Phi) is 6.31. The molecule has 0 fully saturated rings. The Morgan fingerprint density at radius 2 is 1.88 bits per heavy atom. The smallest absolute Gasteiger partial charge is 0.341 e. The molecule has 1 N–H and O–H groups in total. The van der Waals surface area contributed by atoms with E-state index in [0.29, 0.717) is 12.3 Å². The van der Waals surface area contributed by atoms with Crippen LogP contribution in [0.1, 0.15) is 58.3 Å². The predicted molar refractivity (Wildman–Crippen MR) is 118 cm³/mol. The number of esters is 1. The van der Waals surface area contributed by atoms with E-state index in [0.717, 1.165) is 41.5 Å². The maximum atomic E-state index is 12.9. The van der Waals surface area contributed by atoms with Gasteiger partial charge in [0, 0.05) is 10.9 Å². The van der Waals surface area contributed by atoms with Gasteiger partial charge in [0.1, 0.15) is 10.6 Å². The molecule has 0 saturated carbocycles. The van der Waals surface area contributed by atoms with Crippen molar-refractivity contribution in [2.24, 2.45) is 11.3 Å². The van der Waals surface area contributed by atoms with Crippen LogP contribution < -0.4 is 5.32 Å². The quantitative estimate of drug-likeness (QED) is 0.384. The molecule has 3 rings (SSSR count). The van der Waals surface area contributed by atoms with E-state index in [1.165, 1.54) is 18.4 Å². The number of ether oxygens (including phenoxy) is 1. The van der Waals surface area contributed by atoms with E-state index in [4.69, 9.17) is 4.74 Å². The number of rotatable bonds is 5. The van der Waals surface area contributed by atoms with Crippen LogP contribution in [0.2, 0.25) is 0 Å². The first-order chi connectivity index (χ1) is 14.9. The molecule has 1 amide bonds. The van der Waals surface area contributed by atoms with Crippen molar-refractivity contribution in [1.29, 1.82) is 0 Å². The Labute approximate surface area is 187 Å². The van der Waals surface area contributed by atoms with Crippen LogP contribution in [-0.2, 0) is 17.6 Å². The van der Waals surface area contributed by atoms with E-state index in [2.05, 4.69) is 26.1 Å². The third kappa shape index (κ3) is 4.47. The number of benzene rings is 1. The number of nitrogens with zero attached hydrogens (tertiary/aromatic N) is 2. The number of anilines is 1. The zero-order valence-electron chi connectivity index (χ0n) is 18.1. The number of carbonyl (C=O) groups is 2. The van der Waals surface area contributed by atoms with Gasteiger partial charge in [-0.2, -0.15) is 0 Å². The molecule has 0 radical (unpaired) electrons. The van der Waals surface area contributed by atoms with Crippen molar-refractivity contribution >= 4 is 39.6 Å². The van der Waals surface area contributed by atoms with Gasteiger partial charge in [0.25, 0.3) is 17.3 Å². The lowest BCUT2D eigenvalue weighted by atomic mass is 9.72. The third-order valence-electron chi connectivity index (χ3n) is 5.74. The zero-order valence-corrected chi connectivity index (χ0v) is 18.9. The maximum absolute atomic E-state index is 12.9. The minimum Gasteiger partial charge on any atom is -0.465 e. The van der Waals surface area contributed by atoms with Crippen LogP contribution in [0, 0.1) is 31.6 Å². The number of nitro benzene ring substituents is 2. The Morgan fingerprint density at radius 3 is 2.44 bits per heavy atom. The lowest BCUT2D eigenvalue weighted by molar-refractivity contribution is -0.394. The number of carbonyl (C=O) groups excluding carboxylic acids is 2. The second-order valence-electron chi connectivity index (χ2n) is 8.68. The monoisotopic (exact) mass is 461 g/mol. The minimum absolute atomic E-state index is 0.0793. The summed E-state index contributed by atoms with van der Waals surface area (Å²) >= 11 is 1.26. The highest BCUT2D eigenvalue weighted by Crippen LogP contribution is 2.44. The molecule has 0 spiro atoms. The molecule has 1 aromatic heterocycles. The average molecular weight is 461 g/mol. The summed E-state index contributed by atoms with van der Waals surface area (Å²) in [4.78, 5) is 47.1. The fourth-order valence-electron chi connectivity index (χ4n) is 3.88. The molecule has 11 heteroatoms. The number of hydrogen-bond donors (Lipinski definition) is 1. The molecule has 0 unspecified atom stereocenters. The normalized spacial score (nSPS) is 15.6. The van der Waals surface area contributed by atoms with Gasteiger partial charge in [0.05, 0.1) is 28.6 Å². The first-order valence-electron chi connectivity index (χ1n) is 9.91. The topological polar surface area (TPSA) is 142 Å². The number of fused-ring (bicyclic) bond motifs is 1. The number of methoxy groups -OCH3 is 1. The summed E-state index contributed by atoms with van der Waals surface area (Å²) in [5.41, 5.74) is -0.353. The molecular weight excluding hydrogens is 438 g/mol. The Balaban J connectivity index is 2.00. The summed E-state index contributed by atoms with van der Waals surface area (Å²) in [6, 6.07) is 2.80. The average Bonchev–Trinajstić information content (AvgIpc) is 3.08. The zero-order chi connectivity index (χ0) is 23.8. The maximum Gasteiger partial charge on any atom is 0.341 e. The molecule has 1 atom stereocenters. The number of amides is 1. The molecule has 1 heterocycles. The minimum atomic E-state index is -0.851. The highest BCUT2D eigenvalue weighted by atomic mass is 32.1. The Bertz CT molecular complexity index is 1120. The largest absolute Gasteiger partial charge is 0.465 e. The van der Waals surface area contributed by atoms with Crippen LogP contribution in [0.3, 0.4) is 0 Å². The summed E-state index contributed by atoms with van der Waals surface area (Å²) in [6.07, 6.45) is 2.30. The number of non-ortho nitro benzene ring substituents is 1. The first kappa shape index (κ1) is 23.3. The second kappa shape index (κ2) is 8.65. The van der Waals surface area contributed by atoms with E-state index in [-0.39, 0.29) is 21.5 Å². The standard InChI is InChI=1S/C21H23N3O7S/c1-21(2,3)11-5-7-14-16(9-11)32-19(17(14)20(26)31-4)22-18(25)13-8-6-12(23(27)28)10-15(13)24(29)30/h6,8,10-11H,5,7,9H2,1-4H3,(H,22,25)/t11-/m1/s1.